The molecule has 0 spiro atoms. The average molecular weight is 468 g/mol. The lowest BCUT2D eigenvalue weighted by molar-refractivity contribution is -0.137. The third-order valence-electron chi connectivity index (χ3n) is 5.76. The molecule has 0 saturated heterocycles. The van der Waals surface area contributed by atoms with Crippen LogP contribution in [0.25, 0.3) is 16.8 Å². The molecule has 0 aliphatic heterocycles. The SMILES string of the molecule is Cc1ccc(-c2cc3c(=O)n(CCC(=O)NCc4ccc(C(F)(F)F)cc4)ccn3n2)cc1C. The van der Waals surface area contributed by atoms with Crippen molar-refractivity contribution in [3.8, 4) is 11.3 Å². The van der Waals surface area contributed by atoms with E-state index in [1.165, 1.54) is 26.8 Å². The number of aryl methyl sites for hydroxylation is 3. The lowest BCUT2D eigenvalue weighted by atomic mass is 10.0. The number of carbonyl (C=O) groups excluding carboxylic acids is 1. The molecule has 2 aromatic heterocycles. The molecule has 176 valence electrons. The van der Waals surface area contributed by atoms with Gasteiger partial charge in [0, 0.05) is 37.5 Å². The highest BCUT2D eigenvalue weighted by atomic mass is 19.4. The molecule has 6 nitrogen and oxygen atoms in total. The summed E-state index contributed by atoms with van der Waals surface area (Å²) in [4.78, 5) is 25.1. The summed E-state index contributed by atoms with van der Waals surface area (Å²) in [6.07, 6.45) is -1.10. The van der Waals surface area contributed by atoms with Crippen LogP contribution in [0.3, 0.4) is 0 Å². The number of nitrogens with one attached hydrogen (secondary N) is 1. The van der Waals surface area contributed by atoms with Crippen molar-refractivity contribution in [3.63, 3.8) is 0 Å². The molecule has 0 aliphatic rings. The highest BCUT2D eigenvalue weighted by Crippen LogP contribution is 2.29. The minimum absolute atomic E-state index is 0.0505. The molecular formula is C25H23F3N4O2. The van der Waals surface area contributed by atoms with E-state index in [4.69, 9.17) is 0 Å². The van der Waals surface area contributed by atoms with Gasteiger partial charge in [0.05, 0.1) is 11.3 Å². The zero-order valence-electron chi connectivity index (χ0n) is 18.7. The Balaban J connectivity index is 1.40. The number of aromatic nitrogens is 3. The standard InChI is InChI=1S/C25H23F3N4O2/c1-16-3-6-19(13-17(16)2)21-14-22-24(34)31(11-12-32(22)30-21)10-9-23(33)29-15-18-4-7-20(8-5-18)25(26,27)28/h3-8,11-14H,9-10,15H2,1-2H3,(H,29,33). The van der Waals surface area contributed by atoms with Crippen molar-refractivity contribution >= 4 is 11.4 Å². The Kier molecular flexibility index (Phi) is 6.28. The van der Waals surface area contributed by atoms with Gasteiger partial charge in [-0.1, -0.05) is 24.3 Å². The first-order valence-corrected chi connectivity index (χ1v) is 10.7. The quantitative estimate of drug-likeness (QED) is 0.453. The van der Waals surface area contributed by atoms with Crippen LogP contribution in [-0.4, -0.2) is 20.1 Å². The summed E-state index contributed by atoms with van der Waals surface area (Å²) in [5.74, 6) is -0.309. The van der Waals surface area contributed by atoms with Gasteiger partial charge in [-0.3, -0.25) is 9.59 Å². The zero-order valence-corrected chi connectivity index (χ0v) is 18.7. The fourth-order valence-corrected chi connectivity index (χ4v) is 3.57. The van der Waals surface area contributed by atoms with Crippen LogP contribution in [0.15, 0.2) is 65.7 Å². The number of amides is 1. The summed E-state index contributed by atoms with van der Waals surface area (Å²) in [6.45, 7) is 4.32. The minimum Gasteiger partial charge on any atom is -0.352 e. The smallest absolute Gasteiger partial charge is 0.352 e. The molecule has 0 radical (unpaired) electrons. The molecule has 0 bridgehead atoms. The van der Waals surface area contributed by atoms with E-state index in [9.17, 15) is 22.8 Å². The first-order valence-electron chi connectivity index (χ1n) is 10.7. The summed E-state index contributed by atoms with van der Waals surface area (Å²) in [5, 5.41) is 7.16. The van der Waals surface area contributed by atoms with E-state index in [-0.39, 0.29) is 31.0 Å². The fraction of sp³-hybridized carbons (Fsp3) is 0.240. The van der Waals surface area contributed by atoms with E-state index in [1.807, 2.05) is 32.0 Å². The molecule has 0 aliphatic carbocycles. The maximum absolute atomic E-state index is 12.9. The van der Waals surface area contributed by atoms with E-state index in [0.717, 1.165) is 23.3 Å². The number of rotatable bonds is 6. The van der Waals surface area contributed by atoms with Crippen LogP contribution in [0.2, 0.25) is 0 Å². The van der Waals surface area contributed by atoms with Crippen LogP contribution < -0.4 is 10.9 Å². The van der Waals surface area contributed by atoms with Crippen molar-refractivity contribution in [1.82, 2.24) is 19.5 Å². The summed E-state index contributed by atoms with van der Waals surface area (Å²) >= 11 is 0. The van der Waals surface area contributed by atoms with Gasteiger partial charge in [-0.15, -0.1) is 0 Å². The maximum atomic E-state index is 12.9. The topological polar surface area (TPSA) is 68.4 Å². The predicted octanol–water partition coefficient (Wildman–Crippen LogP) is 4.51. The Morgan fingerprint density at radius 1 is 1.00 bits per heavy atom. The van der Waals surface area contributed by atoms with Crippen molar-refractivity contribution in [1.29, 1.82) is 0 Å². The molecule has 2 heterocycles. The fourth-order valence-electron chi connectivity index (χ4n) is 3.57. The van der Waals surface area contributed by atoms with Crippen LogP contribution in [0.1, 0.15) is 28.7 Å². The van der Waals surface area contributed by atoms with Gasteiger partial charge in [-0.2, -0.15) is 18.3 Å². The second-order valence-corrected chi connectivity index (χ2v) is 8.18. The molecule has 4 rings (SSSR count). The van der Waals surface area contributed by atoms with Crippen LogP contribution in [0, 0.1) is 13.8 Å². The molecule has 1 N–H and O–H groups in total. The van der Waals surface area contributed by atoms with Gasteiger partial charge >= 0.3 is 6.18 Å². The first-order chi connectivity index (χ1) is 16.1. The van der Waals surface area contributed by atoms with Crippen molar-refractivity contribution in [2.75, 3.05) is 0 Å². The van der Waals surface area contributed by atoms with E-state index < -0.39 is 11.7 Å². The minimum atomic E-state index is -4.40. The molecule has 2 aromatic carbocycles. The van der Waals surface area contributed by atoms with E-state index in [1.54, 1.807) is 18.5 Å². The van der Waals surface area contributed by atoms with E-state index in [0.29, 0.717) is 16.8 Å². The van der Waals surface area contributed by atoms with Crippen molar-refractivity contribution in [2.45, 2.75) is 39.5 Å². The largest absolute Gasteiger partial charge is 0.416 e. The number of fused-ring (bicyclic) bond motifs is 1. The number of halogens is 3. The van der Waals surface area contributed by atoms with Crippen molar-refractivity contribution in [2.24, 2.45) is 0 Å². The Bertz CT molecular complexity index is 1400. The van der Waals surface area contributed by atoms with Crippen LogP contribution in [0.5, 0.6) is 0 Å². The number of carbonyl (C=O) groups is 1. The number of hydrogen-bond acceptors (Lipinski definition) is 3. The van der Waals surface area contributed by atoms with Gasteiger partial charge in [-0.25, -0.2) is 4.52 Å². The highest BCUT2D eigenvalue weighted by Gasteiger charge is 2.29. The third kappa shape index (κ3) is 5.03. The van der Waals surface area contributed by atoms with Gasteiger partial charge in [0.25, 0.3) is 5.56 Å². The molecule has 0 atom stereocenters. The van der Waals surface area contributed by atoms with Gasteiger partial charge in [-0.05, 0) is 54.8 Å². The van der Waals surface area contributed by atoms with Gasteiger partial charge < -0.3 is 9.88 Å². The molecule has 34 heavy (non-hydrogen) atoms. The zero-order chi connectivity index (χ0) is 24.5. The van der Waals surface area contributed by atoms with Crippen LogP contribution in [-0.2, 0) is 24.1 Å². The van der Waals surface area contributed by atoms with E-state index >= 15 is 0 Å². The second-order valence-electron chi connectivity index (χ2n) is 8.18. The lowest BCUT2D eigenvalue weighted by Gasteiger charge is -2.09. The monoisotopic (exact) mass is 468 g/mol. The second kappa shape index (κ2) is 9.17. The molecule has 4 aromatic rings. The lowest BCUT2D eigenvalue weighted by Crippen LogP contribution is -2.27. The van der Waals surface area contributed by atoms with Gasteiger partial charge in [0.1, 0.15) is 5.52 Å². The Labute approximate surface area is 193 Å². The number of hydrogen-bond donors (Lipinski definition) is 1. The Morgan fingerprint density at radius 2 is 1.74 bits per heavy atom. The molecule has 0 fully saturated rings. The van der Waals surface area contributed by atoms with Crippen LogP contribution >= 0.6 is 0 Å². The summed E-state index contributed by atoms with van der Waals surface area (Å²) < 4.78 is 40.9. The van der Waals surface area contributed by atoms with Gasteiger partial charge in [0.2, 0.25) is 5.91 Å². The Morgan fingerprint density at radius 3 is 2.41 bits per heavy atom. The molecule has 0 saturated carbocycles. The number of alkyl halides is 3. The van der Waals surface area contributed by atoms with Crippen molar-refractivity contribution < 1.29 is 18.0 Å². The maximum Gasteiger partial charge on any atom is 0.416 e. The molecular weight excluding hydrogens is 445 g/mol. The van der Waals surface area contributed by atoms with Crippen LogP contribution in [0.4, 0.5) is 13.2 Å². The summed E-state index contributed by atoms with van der Waals surface area (Å²) in [5.41, 5.74) is 3.87. The molecule has 9 heteroatoms. The van der Waals surface area contributed by atoms with Crippen molar-refractivity contribution in [3.05, 3.63) is 93.5 Å². The van der Waals surface area contributed by atoms with Gasteiger partial charge in [0.15, 0.2) is 0 Å². The summed E-state index contributed by atoms with van der Waals surface area (Å²) in [7, 11) is 0. The average Bonchev–Trinajstić information content (AvgIpc) is 3.24. The third-order valence-corrected chi connectivity index (χ3v) is 5.76. The highest BCUT2D eigenvalue weighted by molar-refractivity contribution is 5.75. The molecule has 0 unspecified atom stereocenters. The normalized spacial score (nSPS) is 11.7. The number of benzene rings is 2. The summed E-state index contributed by atoms with van der Waals surface area (Å²) in [6, 6.07) is 12.3. The number of nitrogens with zero attached hydrogens (tertiary/aromatic N) is 3. The Hall–Kier alpha value is -3.88. The molecule has 1 amide bonds. The van der Waals surface area contributed by atoms with E-state index in [2.05, 4.69) is 10.4 Å². The predicted molar refractivity (Wildman–Crippen MR) is 122 cm³/mol. The first kappa shape index (κ1) is 23.3.